The summed E-state index contributed by atoms with van der Waals surface area (Å²) in [5.41, 5.74) is 1.19. The monoisotopic (exact) mass is 171 g/mol. The molecule has 0 atom stereocenters. The number of hydrogen-bond donors (Lipinski definition) is 2. The highest BCUT2D eigenvalue weighted by molar-refractivity contribution is 4.90. The first-order valence-corrected chi connectivity index (χ1v) is 4.73. The van der Waals surface area contributed by atoms with Crippen LogP contribution >= 0.6 is 0 Å². The fraction of sp³-hybridized carbons (Fsp3) is 0.800. The fourth-order valence-electron chi connectivity index (χ4n) is 1.02. The van der Waals surface area contributed by atoms with Crippen LogP contribution in [0.25, 0.3) is 0 Å². The molecule has 72 valence electrons. The van der Waals surface area contributed by atoms with Crippen molar-refractivity contribution in [2.45, 2.75) is 32.6 Å². The number of nitrogens with one attached hydrogen (secondary N) is 1. The van der Waals surface area contributed by atoms with E-state index in [0.717, 1.165) is 25.9 Å². The molecule has 0 spiro atoms. The van der Waals surface area contributed by atoms with Crippen LogP contribution in [0.4, 0.5) is 0 Å². The summed E-state index contributed by atoms with van der Waals surface area (Å²) in [7, 11) is 0. The number of rotatable bonds is 8. The van der Waals surface area contributed by atoms with Crippen molar-refractivity contribution < 1.29 is 5.11 Å². The third kappa shape index (κ3) is 9.66. The van der Waals surface area contributed by atoms with Crippen LogP contribution in [0.2, 0.25) is 0 Å². The van der Waals surface area contributed by atoms with Gasteiger partial charge in [-0.25, -0.2) is 0 Å². The molecule has 0 aromatic heterocycles. The molecule has 0 radical (unpaired) electrons. The van der Waals surface area contributed by atoms with Crippen LogP contribution < -0.4 is 5.32 Å². The molecule has 0 fully saturated rings. The van der Waals surface area contributed by atoms with Gasteiger partial charge in [-0.2, -0.15) is 0 Å². The molecule has 0 aromatic carbocycles. The lowest BCUT2D eigenvalue weighted by atomic mass is 10.2. The lowest BCUT2D eigenvalue weighted by Gasteiger charge is -2.03. The van der Waals surface area contributed by atoms with Gasteiger partial charge in [-0.15, -0.1) is 0 Å². The Morgan fingerprint density at radius 1 is 1.25 bits per heavy atom. The molecule has 0 saturated carbocycles. The van der Waals surface area contributed by atoms with Gasteiger partial charge in [0.25, 0.3) is 0 Å². The van der Waals surface area contributed by atoms with Crippen LogP contribution in [0.15, 0.2) is 12.2 Å². The Morgan fingerprint density at radius 3 is 2.50 bits per heavy atom. The van der Waals surface area contributed by atoms with Crippen molar-refractivity contribution in [2.24, 2.45) is 0 Å². The second-order valence-electron chi connectivity index (χ2n) is 3.27. The lowest BCUT2D eigenvalue weighted by molar-refractivity contribution is 0.282. The molecule has 2 nitrogen and oxygen atoms in total. The maximum Gasteiger partial charge on any atom is 0.0431 e. The Morgan fingerprint density at radius 2 is 1.92 bits per heavy atom. The third-order valence-electron chi connectivity index (χ3n) is 1.69. The van der Waals surface area contributed by atoms with E-state index in [1.165, 1.54) is 18.4 Å². The Bertz CT molecular complexity index is 112. The molecule has 0 saturated heterocycles. The van der Waals surface area contributed by atoms with Crippen molar-refractivity contribution in [2.75, 3.05) is 19.7 Å². The Hall–Kier alpha value is -0.340. The van der Waals surface area contributed by atoms with Crippen LogP contribution in [0.3, 0.4) is 0 Å². The van der Waals surface area contributed by atoms with Gasteiger partial charge in [0.1, 0.15) is 0 Å². The van der Waals surface area contributed by atoms with E-state index in [9.17, 15) is 0 Å². The number of aliphatic hydroxyl groups is 1. The van der Waals surface area contributed by atoms with Gasteiger partial charge in [-0.3, -0.25) is 0 Å². The van der Waals surface area contributed by atoms with Crippen LogP contribution in [0.1, 0.15) is 32.6 Å². The average Bonchev–Trinajstić information content (AvgIpc) is 2.02. The van der Waals surface area contributed by atoms with E-state index in [1.807, 2.05) is 6.92 Å². The molecule has 0 unspecified atom stereocenters. The summed E-state index contributed by atoms with van der Waals surface area (Å²) in [5.74, 6) is 0. The Labute approximate surface area is 75.7 Å². The lowest BCUT2D eigenvalue weighted by Crippen LogP contribution is -2.16. The van der Waals surface area contributed by atoms with E-state index in [4.69, 9.17) is 5.11 Å². The quantitative estimate of drug-likeness (QED) is 0.430. The van der Waals surface area contributed by atoms with E-state index >= 15 is 0 Å². The first-order valence-electron chi connectivity index (χ1n) is 4.73. The van der Waals surface area contributed by atoms with Gasteiger partial charge in [0.15, 0.2) is 0 Å². The summed E-state index contributed by atoms with van der Waals surface area (Å²) < 4.78 is 0. The van der Waals surface area contributed by atoms with Gasteiger partial charge < -0.3 is 10.4 Å². The minimum Gasteiger partial charge on any atom is -0.396 e. The largest absolute Gasteiger partial charge is 0.396 e. The van der Waals surface area contributed by atoms with Gasteiger partial charge >= 0.3 is 0 Å². The van der Waals surface area contributed by atoms with Gasteiger partial charge in [-0.05, 0) is 26.3 Å². The van der Waals surface area contributed by atoms with Gasteiger partial charge in [0, 0.05) is 13.2 Å². The van der Waals surface area contributed by atoms with Crippen LogP contribution in [0.5, 0.6) is 0 Å². The van der Waals surface area contributed by atoms with Gasteiger partial charge in [-0.1, -0.05) is 25.0 Å². The standard InChI is InChI=1S/C10H21NO/c1-10(2)9-11-7-5-3-4-6-8-12/h11-12H,1,3-9H2,2H3. The smallest absolute Gasteiger partial charge is 0.0431 e. The van der Waals surface area contributed by atoms with E-state index < -0.39 is 0 Å². The van der Waals surface area contributed by atoms with E-state index in [-0.39, 0.29) is 0 Å². The average molecular weight is 171 g/mol. The van der Waals surface area contributed by atoms with Gasteiger partial charge in [0.2, 0.25) is 0 Å². The minimum absolute atomic E-state index is 0.333. The summed E-state index contributed by atoms with van der Waals surface area (Å²) in [6, 6.07) is 0. The zero-order valence-corrected chi connectivity index (χ0v) is 8.10. The van der Waals surface area contributed by atoms with E-state index in [2.05, 4.69) is 11.9 Å². The molecule has 0 heterocycles. The zero-order chi connectivity index (χ0) is 9.23. The first kappa shape index (κ1) is 11.7. The van der Waals surface area contributed by atoms with Crippen molar-refractivity contribution >= 4 is 0 Å². The summed E-state index contributed by atoms with van der Waals surface area (Å²) in [6.07, 6.45) is 4.50. The Balaban J connectivity index is 2.86. The van der Waals surface area contributed by atoms with Crippen molar-refractivity contribution in [1.82, 2.24) is 5.32 Å². The highest BCUT2D eigenvalue weighted by Gasteiger charge is 1.89. The highest BCUT2D eigenvalue weighted by Crippen LogP contribution is 1.97. The zero-order valence-electron chi connectivity index (χ0n) is 8.10. The van der Waals surface area contributed by atoms with E-state index in [0.29, 0.717) is 6.61 Å². The van der Waals surface area contributed by atoms with Crippen molar-refractivity contribution in [3.05, 3.63) is 12.2 Å². The number of unbranched alkanes of at least 4 members (excludes halogenated alkanes) is 3. The van der Waals surface area contributed by atoms with Crippen molar-refractivity contribution in [3.63, 3.8) is 0 Å². The molecule has 0 rings (SSSR count). The summed E-state index contributed by atoms with van der Waals surface area (Å²) >= 11 is 0. The summed E-state index contributed by atoms with van der Waals surface area (Å²) in [6.45, 7) is 8.16. The molecular weight excluding hydrogens is 150 g/mol. The maximum absolute atomic E-state index is 8.51. The van der Waals surface area contributed by atoms with Crippen LogP contribution in [0, 0.1) is 0 Å². The molecule has 0 aromatic rings. The normalized spacial score (nSPS) is 10.2. The van der Waals surface area contributed by atoms with Crippen molar-refractivity contribution in [3.8, 4) is 0 Å². The first-order chi connectivity index (χ1) is 5.77. The fourth-order valence-corrected chi connectivity index (χ4v) is 1.02. The summed E-state index contributed by atoms with van der Waals surface area (Å²) in [5, 5.41) is 11.8. The maximum atomic E-state index is 8.51. The summed E-state index contributed by atoms with van der Waals surface area (Å²) in [4.78, 5) is 0. The van der Waals surface area contributed by atoms with E-state index in [1.54, 1.807) is 0 Å². The molecule has 0 aliphatic carbocycles. The number of aliphatic hydroxyl groups excluding tert-OH is 1. The second kappa shape index (κ2) is 8.75. The molecule has 0 aliphatic heterocycles. The molecule has 0 amide bonds. The molecule has 0 aliphatic rings. The molecular formula is C10H21NO. The highest BCUT2D eigenvalue weighted by atomic mass is 16.2. The van der Waals surface area contributed by atoms with Crippen LogP contribution in [-0.2, 0) is 0 Å². The third-order valence-corrected chi connectivity index (χ3v) is 1.69. The predicted octanol–water partition coefficient (Wildman–Crippen LogP) is 1.70. The van der Waals surface area contributed by atoms with Crippen molar-refractivity contribution in [1.29, 1.82) is 0 Å². The second-order valence-corrected chi connectivity index (χ2v) is 3.27. The SMILES string of the molecule is C=C(C)CNCCCCCCO. The molecule has 2 N–H and O–H groups in total. The van der Waals surface area contributed by atoms with Gasteiger partial charge in [0.05, 0.1) is 0 Å². The number of hydrogen-bond acceptors (Lipinski definition) is 2. The predicted molar refractivity (Wildman–Crippen MR) is 53.2 cm³/mol. The topological polar surface area (TPSA) is 32.3 Å². The molecule has 12 heavy (non-hydrogen) atoms. The Kier molecular flexibility index (Phi) is 8.51. The molecule has 2 heteroatoms. The molecule has 0 bridgehead atoms. The van der Waals surface area contributed by atoms with Crippen LogP contribution in [-0.4, -0.2) is 24.8 Å². The minimum atomic E-state index is 0.333.